The van der Waals surface area contributed by atoms with E-state index in [4.69, 9.17) is 14.2 Å². The minimum atomic E-state index is -0.735. The number of aromatic nitrogens is 1. The zero-order valence-corrected chi connectivity index (χ0v) is 24.5. The van der Waals surface area contributed by atoms with Gasteiger partial charge in [-0.3, -0.25) is 9.59 Å². The minimum absolute atomic E-state index is 0.0846. The van der Waals surface area contributed by atoms with Gasteiger partial charge in [0.1, 0.15) is 5.75 Å². The molecule has 212 valence electrons. The monoisotopic (exact) mass is 537 g/mol. The molecule has 3 aliphatic rings. The van der Waals surface area contributed by atoms with Gasteiger partial charge in [0.2, 0.25) is 0 Å². The van der Waals surface area contributed by atoms with Crippen LogP contribution in [0.4, 0.5) is 0 Å². The number of methoxy groups -OCH3 is 1. The van der Waals surface area contributed by atoms with E-state index >= 15 is 0 Å². The average molecular weight is 538 g/mol. The van der Waals surface area contributed by atoms with Crippen LogP contribution < -0.4 is 19.8 Å². The number of benzene rings is 1. The van der Waals surface area contributed by atoms with Crippen LogP contribution in [0.5, 0.6) is 17.2 Å². The maximum atomic E-state index is 13.9. The number of ether oxygens (including phenoxy) is 3. The topological polar surface area (TPSA) is 84.1 Å². The van der Waals surface area contributed by atoms with E-state index in [2.05, 4.69) is 30.7 Å². The van der Waals surface area contributed by atoms with E-state index in [1.165, 1.54) is 0 Å². The Bertz CT molecular complexity index is 1320. The van der Waals surface area contributed by atoms with Gasteiger partial charge in [0.05, 0.1) is 19.2 Å². The molecule has 8 heteroatoms. The SMILES string of the molecule is CCN(CC)C1CCC(C2(C)Oc3c(C)c4c(c(C)c3O2)C(=O)N(Cc2c(OC)cc(C)[nH]c2=O)CC4)CC1. The van der Waals surface area contributed by atoms with Crippen LogP contribution in [-0.4, -0.2) is 59.3 Å². The molecule has 1 saturated carbocycles. The van der Waals surface area contributed by atoms with Gasteiger partial charge >= 0.3 is 0 Å². The van der Waals surface area contributed by atoms with Crippen LogP contribution in [0.2, 0.25) is 0 Å². The lowest BCUT2D eigenvalue weighted by Gasteiger charge is -2.40. The van der Waals surface area contributed by atoms with Crippen molar-refractivity contribution in [3.05, 3.63) is 49.9 Å². The standard InChI is InChI=1S/C31H43N3O5/c1-8-33(9-2)22-12-10-21(11-13-22)31(6)38-27-19(4)23-14-15-34(30(36)26(23)20(5)28(27)39-31)17-24-25(37-7)16-18(3)32-29(24)35/h16,21-22H,8-15,17H2,1-7H3,(H,32,35). The predicted octanol–water partition coefficient (Wildman–Crippen LogP) is 4.90. The number of pyridine rings is 1. The van der Waals surface area contributed by atoms with Crippen LogP contribution >= 0.6 is 0 Å². The van der Waals surface area contributed by atoms with Crippen LogP contribution in [0.15, 0.2) is 10.9 Å². The van der Waals surface area contributed by atoms with E-state index in [1.54, 1.807) is 18.1 Å². The van der Waals surface area contributed by atoms with Gasteiger partial charge in [-0.25, -0.2) is 0 Å². The van der Waals surface area contributed by atoms with E-state index in [-0.39, 0.29) is 18.0 Å². The molecule has 1 fully saturated rings. The lowest BCUT2D eigenvalue weighted by molar-refractivity contribution is -0.124. The first-order valence-corrected chi connectivity index (χ1v) is 14.5. The van der Waals surface area contributed by atoms with Gasteiger partial charge in [-0.05, 0) is 83.2 Å². The van der Waals surface area contributed by atoms with Gasteiger partial charge in [0, 0.05) is 42.2 Å². The molecule has 1 aliphatic carbocycles. The fourth-order valence-electron chi connectivity index (χ4n) is 7.02. The molecule has 2 aliphatic heterocycles. The summed E-state index contributed by atoms with van der Waals surface area (Å²) in [6, 6.07) is 2.42. The molecule has 0 spiro atoms. The van der Waals surface area contributed by atoms with Crippen LogP contribution in [0.3, 0.4) is 0 Å². The molecule has 0 radical (unpaired) electrons. The smallest absolute Gasteiger partial charge is 0.256 e. The predicted molar refractivity (Wildman–Crippen MR) is 151 cm³/mol. The largest absolute Gasteiger partial charge is 0.496 e. The fourth-order valence-corrected chi connectivity index (χ4v) is 7.02. The van der Waals surface area contributed by atoms with Crippen molar-refractivity contribution in [2.45, 2.75) is 92.0 Å². The second kappa shape index (κ2) is 10.5. The Hall–Kier alpha value is -3.00. The number of aromatic amines is 1. The number of carbonyl (C=O) groups excluding carboxylic acids is 1. The summed E-state index contributed by atoms with van der Waals surface area (Å²) in [6.45, 7) is 15.2. The Balaban J connectivity index is 1.40. The van der Waals surface area contributed by atoms with E-state index in [9.17, 15) is 9.59 Å². The van der Waals surface area contributed by atoms with Crippen molar-refractivity contribution in [2.75, 3.05) is 26.7 Å². The van der Waals surface area contributed by atoms with E-state index < -0.39 is 5.79 Å². The quantitative estimate of drug-likeness (QED) is 0.541. The summed E-state index contributed by atoms with van der Waals surface area (Å²) in [5.74, 6) is 1.46. The molecule has 3 heterocycles. The number of nitrogens with one attached hydrogen (secondary N) is 1. The number of H-pyrrole nitrogens is 1. The summed E-state index contributed by atoms with van der Waals surface area (Å²) in [4.78, 5) is 33.7. The summed E-state index contributed by atoms with van der Waals surface area (Å²) in [6.07, 6.45) is 5.11. The van der Waals surface area contributed by atoms with Gasteiger partial charge in [-0.2, -0.15) is 0 Å². The maximum absolute atomic E-state index is 13.9. The van der Waals surface area contributed by atoms with Crippen molar-refractivity contribution in [3.8, 4) is 17.2 Å². The van der Waals surface area contributed by atoms with E-state index in [1.807, 2.05) is 20.8 Å². The van der Waals surface area contributed by atoms with E-state index in [0.717, 1.165) is 66.9 Å². The highest BCUT2D eigenvalue weighted by Gasteiger charge is 2.48. The summed E-state index contributed by atoms with van der Waals surface area (Å²) in [5.41, 5.74) is 4.47. The number of rotatable bonds is 7. The molecule has 2 aromatic rings. The van der Waals surface area contributed by atoms with Crippen LogP contribution in [0.25, 0.3) is 0 Å². The number of nitrogens with zero attached hydrogens (tertiary/aromatic N) is 2. The van der Waals surface area contributed by atoms with Crippen molar-refractivity contribution in [3.63, 3.8) is 0 Å². The van der Waals surface area contributed by atoms with Gasteiger partial charge in [-0.15, -0.1) is 0 Å². The Morgan fingerprint density at radius 2 is 1.69 bits per heavy atom. The third kappa shape index (κ3) is 4.71. The highest BCUT2D eigenvalue weighted by atomic mass is 16.7. The summed E-state index contributed by atoms with van der Waals surface area (Å²) >= 11 is 0. The summed E-state index contributed by atoms with van der Waals surface area (Å²) in [5, 5.41) is 0. The Morgan fingerprint density at radius 3 is 2.31 bits per heavy atom. The Labute approximate surface area is 231 Å². The summed E-state index contributed by atoms with van der Waals surface area (Å²) in [7, 11) is 1.55. The molecule has 0 saturated heterocycles. The molecule has 5 rings (SSSR count). The van der Waals surface area contributed by atoms with Crippen LogP contribution in [-0.2, 0) is 13.0 Å². The number of fused-ring (bicyclic) bond motifs is 2. The molecule has 8 nitrogen and oxygen atoms in total. The molecular formula is C31H43N3O5. The van der Waals surface area contributed by atoms with E-state index in [0.29, 0.717) is 47.6 Å². The molecule has 1 unspecified atom stereocenters. The lowest BCUT2D eigenvalue weighted by atomic mass is 9.80. The lowest BCUT2D eigenvalue weighted by Crippen LogP contribution is -2.47. The molecule has 1 N–H and O–H groups in total. The van der Waals surface area contributed by atoms with Crippen LogP contribution in [0.1, 0.15) is 84.8 Å². The molecule has 1 atom stereocenters. The van der Waals surface area contributed by atoms with Crippen molar-refractivity contribution in [1.29, 1.82) is 0 Å². The normalized spacial score (nSPS) is 24.3. The number of aryl methyl sites for hydroxylation is 1. The first kappa shape index (κ1) is 27.6. The van der Waals surface area contributed by atoms with Gasteiger partial charge in [0.15, 0.2) is 11.5 Å². The third-order valence-corrected chi connectivity index (χ3v) is 9.32. The highest BCUT2D eigenvalue weighted by Crippen LogP contribution is 2.52. The highest BCUT2D eigenvalue weighted by molar-refractivity contribution is 6.00. The minimum Gasteiger partial charge on any atom is -0.496 e. The second-order valence-corrected chi connectivity index (χ2v) is 11.5. The molecule has 0 bridgehead atoms. The van der Waals surface area contributed by atoms with Crippen molar-refractivity contribution < 1.29 is 19.0 Å². The zero-order chi connectivity index (χ0) is 28.1. The average Bonchev–Trinajstić information content (AvgIpc) is 3.30. The Kier molecular flexibility index (Phi) is 7.44. The van der Waals surface area contributed by atoms with Gasteiger partial charge < -0.3 is 29.0 Å². The third-order valence-electron chi connectivity index (χ3n) is 9.32. The number of amides is 1. The first-order chi connectivity index (χ1) is 18.6. The number of hydrogen-bond donors (Lipinski definition) is 1. The molecule has 1 aromatic heterocycles. The maximum Gasteiger partial charge on any atom is 0.256 e. The molecular weight excluding hydrogens is 494 g/mol. The zero-order valence-electron chi connectivity index (χ0n) is 24.5. The van der Waals surface area contributed by atoms with Crippen molar-refractivity contribution in [2.24, 2.45) is 5.92 Å². The van der Waals surface area contributed by atoms with Crippen molar-refractivity contribution >= 4 is 5.91 Å². The Morgan fingerprint density at radius 1 is 1.05 bits per heavy atom. The second-order valence-electron chi connectivity index (χ2n) is 11.5. The number of carbonyl (C=O) groups is 1. The molecule has 39 heavy (non-hydrogen) atoms. The molecule has 1 aromatic carbocycles. The first-order valence-electron chi connectivity index (χ1n) is 14.5. The van der Waals surface area contributed by atoms with Crippen LogP contribution in [0, 0.1) is 26.7 Å². The van der Waals surface area contributed by atoms with Gasteiger partial charge in [0.25, 0.3) is 17.3 Å². The number of hydrogen-bond acceptors (Lipinski definition) is 6. The fraction of sp³-hybridized carbons (Fsp3) is 0.613. The summed E-state index contributed by atoms with van der Waals surface area (Å²) < 4.78 is 18.8. The van der Waals surface area contributed by atoms with Crippen molar-refractivity contribution in [1.82, 2.24) is 14.8 Å². The molecule has 1 amide bonds. The van der Waals surface area contributed by atoms with Gasteiger partial charge in [-0.1, -0.05) is 13.8 Å².